The molecule has 1 unspecified atom stereocenters. The van der Waals surface area contributed by atoms with Crippen molar-refractivity contribution in [3.05, 3.63) is 20.8 Å². The van der Waals surface area contributed by atoms with E-state index in [1.165, 1.54) is 10.8 Å². The first-order valence-electron chi connectivity index (χ1n) is 5.52. The lowest BCUT2D eigenvalue weighted by Crippen LogP contribution is -2.30. The summed E-state index contributed by atoms with van der Waals surface area (Å²) in [6, 6.07) is 0.423. The van der Waals surface area contributed by atoms with Crippen LogP contribution in [0.4, 0.5) is 0 Å². The molecular weight excluding hydrogens is 270 g/mol. The number of aryl methyl sites for hydroxylation is 1. The Balaban J connectivity index is 1.82. The summed E-state index contributed by atoms with van der Waals surface area (Å²) in [5.41, 5.74) is 2.03. The van der Waals surface area contributed by atoms with Crippen molar-refractivity contribution in [3.63, 3.8) is 0 Å². The van der Waals surface area contributed by atoms with E-state index >= 15 is 0 Å². The maximum absolute atomic E-state index is 4.70. The number of aromatic nitrogens is 2. The molecule has 2 aromatic heterocycles. The van der Waals surface area contributed by atoms with Crippen molar-refractivity contribution in [3.8, 4) is 11.4 Å². The fraction of sp³-hybridized carbons (Fsp3) is 0.455. The monoisotopic (exact) mass is 283 g/mol. The molecule has 0 aromatic carbocycles. The number of nitrogens with zero attached hydrogens (tertiary/aromatic N) is 2. The van der Waals surface area contributed by atoms with Crippen LogP contribution in [0.3, 0.4) is 0 Å². The Hall–Kier alpha value is -0.430. The van der Waals surface area contributed by atoms with Crippen LogP contribution in [0.5, 0.6) is 0 Å². The lowest BCUT2D eigenvalue weighted by Gasteiger charge is -2.20. The summed E-state index contributed by atoms with van der Waals surface area (Å²) in [7, 11) is 0. The third-order valence-corrected chi connectivity index (χ3v) is 5.42. The highest BCUT2D eigenvalue weighted by atomic mass is 32.2. The first kappa shape index (κ1) is 11.6. The van der Waals surface area contributed by atoms with Crippen LogP contribution in [0.1, 0.15) is 16.1 Å². The molecule has 0 radical (unpaired) electrons. The van der Waals surface area contributed by atoms with E-state index in [9.17, 15) is 0 Å². The summed E-state index contributed by atoms with van der Waals surface area (Å²) < 4.78 is 0. The van der Waals surface area contributed by atoms with E-state index < -0.39 is 0 Å². The van der Waals surface area contributed by atoms with Gasteiger partial charge in [0.1, 0.15) is 16.4 Å². The summed E-state index contributed by atoms with van der Waals surface area (Å²) in [5.74, 6) is 2.34. The lowest BCUT2D eigenvalue weighted by atomic mass is 10.3. The van der Waals surface area contributed by atoms with Gasteiger partial charge in [-0.05, 0) is 6.92 Å². The van der Waals surface area contributed by atoms with Crippen molar-refractivity contribution in [2.45, 2.75) is 13.0 Å². The van der Waals surface area contributed by atoms with Crippen molar-refractivity contribution in [1.29, 1.82) is 0 Å². The van der Waals surface area contributed by atoms with Crippen molar-refractivity contribution in [2.24, 2.45) is 0 Å². The summed E-state index contributed by atoms with van der Waals surface area (Å²) >= 11 is 5.41. The molecule has 0 saturated carbocycles. The highest BCUT2D eigenvalue weighted by Gasteiger charge is 2.19. The van der Waals surface area contributed by atoms with Crippen LogP contribution in [-0.4, -0.2) is 28.0 Å². The molecule has 0 aliphatic carbocycles. The van der Waals surface area contributed by atoms with E-state index in [0.717, 1.165) is 28.7 Å². The fourth-order valence-corrected chi connectivity index (χ4v) is 4.31. The number of hydrogen-bond acceptors (Lipinski definition) is 6. The Morgan fingerprint density at radius 3 is 2.76 bits per heavy atom. The average molecular weight is 283 g/mol. The molecule has 0 bridgehead atoms. The number of thiazole rings is 2. The van der Waals surface area contributed by atoms with Crippen LogP contribution in [-0.2, 0) is 0 Å². The normalized spacial score (nSPS) is 20.6. The minimum absolute atomic E-state index is 0.423. The first-order valence-corrected chi connectivity index (χ1v) is 8.43. The number of nitrogens with one attached hydrogen (secondary N) is 1. The number of rotatable bonds is 2. The molecule has 0 spiro atoms. The van der Waals surface area contributed by atoms with Gasteiger partial charge < -0.3 is 5.32 Å². The highest BCUT2D eigenvalue weighted by molar-refractivity contribution is 7.99. The Kier molecular flexibility index (Phi) is 3.46. The zero-order valence-corrected chi connectivity index (χ0v) is 11.9. The summed E-state index contributed by atoms with van der Waals surface area (Å²) in [6.07, 6.45) is 0. The second-order valence-electron chi connectivity index (χ2n) is 3.90. The second-order valence-corrected chi connectivity index (χ2v) is 7.01. The van der Waals surface area contributed by atoms with E-state index in [1.807, 2.05) is 18.7 Å². The van der Waals surface area contributed by atoms with Gasteiger partial charge in [0.25, 0.3) is 0 Å². The molecule has 6 heteroatoms. The molecule has 1 aliphatic heterocycles. The van der Waals surface area contributed by atoms with E-state index in [4.69, 9.17) is 4.98 Å². The van der Waals surface area contributed by atoms with Gasteiger partial charge in [-0.3, -0.25) is 0 Å². The van der Waals surface area contributed by atoms with Crippen LogP contribution in [0.25, 0.3) is 11.4 Å². The van der Waals surface area contributed by atoms with Crippen molar-refractivity contribution >= 4 is 34.4 Å². The molecule has 1 aliphatic rings. The minimum Gasteiger partial charge on any atom is -0.306 e. The Labute approximate surface area is 113 Å². The maximum atomic E-state index is 4.70. The maximum Gasteiger partial charge on any atom is 0.111 e. The van der Waals surface area contributed by atoms with Crippen LogP contribution >= 0.6 is 34.4 Å². The SMILES string of the molecule is Cc1nc(-c2csc(C3CSCCN3)n2)cs1. The molecule has 3 nitrogen and oxygen atoms in total. The summed E-state index contributed by atoms with van der Waals surface area (Å²) in [5, 5.41) is 10.0. The zero-order chi connectivity index (χ0) is 11.7. The largest absolute Gasteiger partial charge is 0.306 e. The average Bonchev–Trinajstić information content (AvgIpc) is 2.98. The summed E-state index contributed by atoms with van der Waals surface area (Å²) in [6.45, 7) is 3.11. The molecule has 1 fully saturated rings. The molecule has 17 heavy (non-hydrogen) atoms. The van der Waals surface area contributed by atoms with E-state index in [-0.39, 0.29) is 0 Å². The van der Waals surface area contributed by atoms with Crippen LogP contribution in [0, 0.1) is 6.92 Å². The predicted molar refractivity (Wildman–Crippen MR) is 76.0 cm³/mol. The van der Waals surface area contributed by atoms with E-state index in [0.29, 0.717) is 6.04 Å². The fourth-order valence-electron chi connectivity index (χ4n) is 1.77. The quantitative estimate of drug-likeness (QED) is 0.919. The van der Waals surface area contributed by atoms with Crippen LogP contribution in [0.2, 0.25) is 0 Å². The predicted octanol–water partition coefficient (Wildman–Crippen LogP) is 2.95. The Morgan fingerprint density at radius 1 is 1.24 bits per heavy atom. The molecule has 1 saturated heterocycles. The molecule has 1 atom stereocenters. The molecular formula is C11H13N3S3. The van der Waals surface area contributed by atoms with Crippen molar-refractivity contribution < 1.29 is 0 Å². The van der Waals surface area contributed by atoms with Crippen molar-refractivity contribution in [2.75, 3.05) is 18.1 Å². The molecule has 2 aromatic rings. The smallest absolute Gasteiger partial charge is 0.111 e. The van der Waals surface area contributed by atoms with E-state index in [2.05, 4.69) is 21.1 Å². The molecule has 90 valence electrons. The summed E-state index contributed by atoms with van der Waals surface area (Å²) in [4.78, 5) is 9.18. The highest BCUT2D eigenvalue weighted by Crippen LogP contribution is 2.29. The van der Waals surface area contributed by atoms with Gasteiger partial charge in [-0.2, -0.15) is 11.8 Å². The first-order chi connectivity index (χ1) is 8.33. The third kappa shape index (κ3) is 2.54. The molecule has 3 heterocycles. The van der Waals surface area contributed by atoms with Crippen LogP contribution < -0.4 is 5.32 Å². The zero-order valence-electron chi connectivity index (χ0n) is 9.47. The van der Waals surface area contributed by atoms with Gasteiger partial charge in [0, 0.05) is 28.8 Å². The van der Waals surface area contributed by atoms with Gasteiger partial charge >= 0.3 is 0 Å². The Morgan fingerprint density at radius 2 is 2.06 bits per heavy atom. The third-order valence-electron chi connectivity index (χ3n) is 2.62. The second kappa shape index (κ2) is 5.06. The number of hydrogen-bond donors (Lipinski definition) is 1. The Bertz CT molecular complexity index is 500. The van der Waals surface area contributed by atoms with Gasteiger partial charge in [0.05, 0.1) is 11.0 Å². The lowest BCUT2D eigenvalue weighted by molar-refractivity contribution is 0.592. The van der Waals surface area contributed by atoms with Gasteiger partial charge in [0.2, 0.25) is 0 Å². The van der Waals surface area contributed by atoms with Gasteiger partial charge in [-0.25, -0.2) is 9.97 Å². The van der Waals surface area contributed by atoms with E-state index in [1.54, 1.807) is 22.7 Å². The molecule has 0 amide bonds. The number of thioether (sulfide) groups is 1. The van der Waals surface area contributed by atoms with Crippen molar-refractivity contribution in [1.82, 2.24) is 15.3 Å². The molecule has 3 rings (SSSR count). The minimum atomic E-state index is 0.423. The van der Waals surface area contributed by atoms with Gasteiger partial charge in [0.15, 0.2) is 0 Å². The molecule has 1 N–H and O–H groups in total. The topological polar surface area (TPSA) is 37.8 Å². The van der Waals surface area contributed by atoms with Crippen LogP contribution in [0.15, 0.2) is 10.8 Å². The standard InChI is InChI=1S/C11H13N3S3/c1-7-13-8(5-16-7)9-6-17-11(14-9)10-4-15-3-2-12-10/h5-6,10,12H,2-4H2,1H3. The van der Waals surface area contributed by atoms with Gasteiger partial charge in [-0.15, -0.1) is 22.7 Å². The van der Waals surface area contributed by atoms with Gasteiger partial charge in [-0.1, -0.05) is 0 Å².